The maximum atomic E-state index is 6.56. The number of hydrogen-bond donors (Lipinski definition) is 0. The summed E-state index contributed by atoms with van der Waals surface area (Å²) in [7, 11) is -1.28. The van der Waals surface area contributed by atoms with Crippen LogP contribution in [0, 0.1) is 0 Å². The van der Waals surface area contributed by atoms with Gasteiger partial charge >= 0.3 is 31.6 Å². The second-order valence-corrected chi connectivity index (χ2v) is 16.0. The summed E-state index contributed by atoms with van der Waals surface area (Å²) in [5.74, 6) is 7.00. The molecular formula is C23H27BrGeOSi. The molecule has 3 aromatic carbocycles. The zero-order chi connectivity index (χ0) is 19.6. The molecule has 4 heteroatoms. The SMILES string of the molecule is CC(O[Si](c1ccccc1)c1ccccc1)c1ccccc1Br.[CH3][Ge]([CH3])[CH3]. The summed E-state index contributed by atoms with van der Waals surface area (Å²) in [4.78, 5) is 0. The first kappa shape index (κ1) is 22.2. The summed E-state index contributed by atoms with van der Waals surface area (Å²) >= 11 is 3.30. The predicted molar refractivity (Wildman–Crippen MR) is 125 cm³/mol. The van der Waals surface area contributed by atoms with E-state index in [0.29, 0.717) is 0 Å². The summed E-state index contributed by atoms with van der Waals surface area (Å²) in [6.07, 6.45) is 0.0277. The molecule has 0 aliphatic heterocycles. The van der Waals surface area contributed by atoms with Crippen molar-refractivity contribution in [2.75, 3.05) is 0 Å². The van der Waals surface area contributed by atoms with Gasteiger partial charge in [-0.05, 0) is 28.9 Å². The molecule has 0 saturated carbocycles. The van der Waals surface area contributed by atoms with Gasteiger partial charge in [0, 0.05) is 4.47 Å². The van der Waals surface area contributed by atoms with Crippen LogP contribution in [0.25, 0.3) is 0 Å². The summed E-state index contributed by atoms with van der Waals surface area (Å²) in [5, 5.41) is 2.53. The average Bonchev–Trinajstić information content (AvgIpc) is 2.67. The molecule has 0 aliphatic rings. The molecule has 27 heavy (non-hydrogen) atoms. The van der Waals surface area contributed by atoms with Crippen LogP contribution in [-0.2, 0) is 4.43 Å². The number of rotatable bonds is 5. The van der Waals surface area contributed by atoms with Crippen molar-refractivity contribution in [3.63, 3.8) is 0 Å². The van der Waals surface area contributed by atoms with Gasteiger partial charge < -0.3 is 4.43 Å². The van der Waals surface area contributed by atoms with E-state index in [2.05, 4.69) is 107 Å². The molecule has 3 aromatic rings. The van der Waals surface area contributed by atoms with Crippen LogP contribution in [0.1, 0.15) is 18.6 Å². The van der Waals surface area contributed by atoms with Crippen molar-refractivity contribution in [2.24, 2.45) is 0 Å². The van der Waals surface area contributed by atoms with Gasteiger partial charge in [-0.1, -0.05) is 94.8 Å². The van der Waals surface area contributed by atoms with Gasteiger partial charge in [-0.15, -0.1) is 0 Å². The Labute approximate surface area is 178 Å². The van der Waals surface area contributed by atoms with Crippen molar-refractivity contribution in [3.8, 4) is 0 Å². The van der Waals surface area contributed by atoms with E-state index in [4.69, 9.17) is 4.43 Å². The van der Waals surface area contributed by atoms with E-state index in [1.165, 1.54) is 15.9 Å². The van der Waals surface area contributed by atoms with E-state index >= 15 is 0 Å². The number of hydrogen-bond acceptors (Lipinski definition) is 1. The molecule has 1 atom stereocenters. The summed E-state index contributed by atoms with van der Waals surface area (Å²) < 4.78 is 7.65. The Morgan fingerprint density at radius 3 is 1.59 bits per heavy atom. The average molecular weight is 500 g/mol. The molecule has 0 amide bonds. The van der Waals surface area contributed by atoms with E-state index in [1.54, 1.807) is 0 Å². The quantitative estimate of drug-likeness (QED) is 0.409. The molecule has 0 bridgehead atoms. The molecule has 0 saturated heterocycles. The van der Waals surface area contributed by atoms with Crippen LogP contribution in [0.5, 0.6) is 0 Å². The van der Waals surface area contributed by atoms with E-state index in [1.807, 2.05) is 18.2 Å². The van der Waals surface area contributed by atoms with Crippen molar-refractivity contribution >= 4 is 49.7 Å². The second kappa shape index (κ2) is 11.6. The van der Waals surface area contributed by atoms with Crippen molar-refractivity contribution in [1.29, 1.82) is 0 Å². The Balaban J connectivity index is 0.000000596. The Bertz CT molecular complexity index is 753. The normalized spacial score (nSPS) is 11.8. The summed E-state index contributed by atoms with van der Waals surface area (Å²) in [5.41, 5.74) is 1.18. The van der Waals surface area contributed by atoms with Gasteiger partial charge in [0.1, 0.15) is 0 Å². The molecule has 1 nitrogen and oxygen atoms in total. The number of halogens is 1. The zero-order valence-corrected chi connectivity index (χ0v) is 21.1. The minimum absolute atomic E-state index is 0.0277. The Morgan fingerprint density at radius 1 is 0.741 bits per heavy atom. The first-order valence-corrected chi connectivity index (χ1v) is 17.6. The molecule has 0 aromatic heterocycles. The van der Waals surface area contributed by atoms with E-state index in [-0.39, 0.29) is 20.5 Å². The van der Waals surface area contributed by atoms with Gasteiger partial charge in [-0.25, -0.2) is 0 Å². The van der Waals surface area contributed by atoms with Gasteiger partial charge in [0.2, 0.25) is 0 Å². The predicted octanol–water partition coefficient (Wildman–Crippen LogP) is 5.70. The molecular weight excluding hydrogens is 473 g/mol. The zero-order valence-electron chi connectivity index (χ0n) is 16.4. The van der Waals surface area contributed by atoms with Crippen LogP contribution in [-0.4, -0.2) is 23.4 Å². The molecule has 3 rings (SSSR count). The van der Waals surface area contributed by atoms with Crippen LogP contribution in [0.3, 0.4) is 0 Å². The summed E-state index contributed by atoms with van der Waals surface area (Å²) in [6, 6.07) is 29.3. The first-order valence-electron chi connectivity index (χ1n) is 9.14. The van der Waals surface area contributed by atoms with E-state index < -0.39 is 9.04 Å². The fourth-order valence-corrected chi connectivity index (χ4v) is 5.21. The fraction of sp³-hybridized carbons (Fsp3) is 0.217. The van der Waals surface area contributed by atoms with Crippen molar-refractivity contribution in [2.45, 2.75) is 30.3 Å². The topological polar surface area (TPSA) is 9.23 Å². The van der Waals surface area contributed by atoms with Crippen LogP contribution < -0.4 is 10.4 Å². The van der Waals surface area contributed by atoms with Gasteiger partial charge in [0.05, 0.1) is 6.10 Å². The van der Waals surface area contributed by atoms with Crippen molar-refractivity contribution in [3.05, 3.63) is 95.0 Å². The summed E-state index contributed by atoms with van der Waals surface area (Å²) in [6.45, 7) is 2.12. The number of benzene rings is 3. The van der Waals surface area contributed by atoms with E-state index in [0.717, 1.165) is 4.47 Å². The molecule has 140 valence electrons. The van der Waals surface area contributed by atoms with Gasteiger partial charge in [-0.3, -0.25) is 0 Å². The second-order valence-electron chi connectivity index (χ2n) is 6.84. The minimum atomic E-state index is -1.28. The third kappa shape index (κ3) is 7.41. The van der Waals surface area contributed by atoms with E-state index in [9.17, 15) is 0 Å². The molecule has 1 unspecified atom stereocenters. The first-order chi connectivity index (χ1) is 13.0. The van der Waals surface area contributed by atoms with Crippen molar-refractivity contribution in [1.82, 2.24) is 0 Å². The van der Waals surface area contributed by atoms with Crippen molar-refractivity contribution < 1.29 is 4.43 Å². The molecule has 2 radical (unpaired) electrons. The Morgan fingerprint density at radius 2 is 1.15 bits per heavy atom. The standard InChI is InChI=1S/C20H18BrOSi.C3H9Ge/c1-16(19-14-8-9-15-20(19)21)22-23(17-10-4-2-5-11-17)18-12-6-3-7-13-18;1-4(2)3/h2-16H,1H3;1-3H3. The third-order valence-electron chi connectivity index (χ3n) is 3.71. The van der Waals surface area contributed by atoms with Crippen LogP contribution in [0.2, 0.25) is 17.3 Å². The monoisotopic (exact) mass is 500 g/mol. The van der Waals surface area contributed by atoms with Gasteiger partial charge in [0.15, 0.2) is 0 Å². The van der Waals surface area contributed by atoms with Crippen LogP contribution >= 0.6 is 15.9 Å². The molecule has 0 aliphatic carbocycles. The Hall–Kier alpha value is -1.14. The molecule has 0 N–H and O–H groups in total. The molecule has 0 spiro atoms. The fourth-order valence-electron chi connectivity index (χ4n) is 2.53. The Kier molecular flexibility index (Phi) is 9.55. The maximum absolute atomic E-state index is 6.56. The van der Waals surface area contributed by atoms with Crippen LogP contribution in [0.15, 0.2) is 89.4 Å². The third-order valence-corrected chi connectivity index (χ3v) is 6.74. The molecule has 0 heterocycles. The van der Waals surface area contributed by atoms with Gasteiger partial charge in [-0.2, -0.15) is 0 Å². The van der Waals surface area contributed by atoms with Gasteiger partial charge in [0.25, 0.3) is 9.04 Å². The van der Waals surface area contributed by atoms with Crippen LogP contribution in [0.4, 0.5) is 0 Å². The molecule has 0 fully saturated rings.